The number of amidine groups is 1. The molecular formula is C24H23N9O. The monoisotopic (exact) mass is 453 g/mol. The van der Waals surface area contributed by atoms with Gasteiger partial charge in [-0.25, -0.2) is 20.0 Å². The molecule has 4 rings (SSSR count). The summed E-state index contributed by atoms with van der Waals surface area (Å²) in [6.07, 6.45) is 4.86. The van der Waals surface area contributed by atoms with Gasteiger partial charge in [0.25, 0.3) is 5.91 Å². The Labute approximate surface area is 196 Å². The molecule has 0 spiro atoms. The average Bonchev–Trinajstić information content (AvgIpc) is 3.27. The second kappa shape index (κ2) is 9.41. The second-order valence-corrected chi connectivity index (χ2v) is 7.46. The number of aryl methyl sites for hydroxylation is 1. The number of nitrogens with two attached hydrogens (primary N) is 1. The number of carbonyl (C=O) groups is 1. The van der Waals surface area contributed by atoms with Crippen LogP contribution in [0, 0.1) is 0 Å². The number of aromatic nitrogens is 5. The van der Waals surface area contributed by atoms with E-state index < -0.39 is 11.9 Å². The summed E-state index contributed by atoms with van der Waals surface area (Å²) < 4.78 is 1.66. The van der Waals surface area contributed by atoms with Crippen LogP contribution in [0.1, 0.15) is 17.4 Å². The first-order chi connectivity index (χ1) is 16.4. The Morgan fingerprint density at radius 1 is 1.24 bits per heavy atom. The fraction of sp³-hybridized carbons (Fsp3) is 0.125. The van der Waals surface area contributed by atoms with Crippen molar-refractivity contribution in [1.82, 2.24) is 30.0 Å². The van der Waals surface area contributed by atoms with Crippen LogP contribution in [0.2, 0.25) is 0 Å². The van der Waals surface area contributed by atoms with Crippen molar-refractivity contribution in [2.45, 2.75) is 13.0 Å². The Hall–Kier alpha value is -4.73. The molecule has 34 heavy (non-hydrogen) atoms. The molecule has 0 aliphatic rings. The normalized spacial score (nSPS) is 12.4. The van der Waals surface area contributed by atoms with Gasteiger partial charge in [-0.15, -0.1) is 0 Å². The third-order valence-corrected chi connectivity index (χ3v) is 5.09. The van der Waals surface area contributed by atoms with E-state index in [1.165, 1.54) is 6.20 Å². The third-order valence-electron chi connectivity index (χ3n) is 5.09. The van der Waals surface area contributed by atoms with E-state index in [1.54, 1.807) is 31.0 Å². The predicted molar refractivity (Wildman–Crippen MR) is 133 cm³/mol. The van der Waals surface area contributed by atoms with Crippen molar-refractivity contribution in [2.75, 3.05) is 5.73 Å². The zero-order valence-corrected chi connectivity index (χ0v) is 18.8. The van der Waals surface area contributed by atoms with E-state index in [4.69, 9.17) is 5.73 Å². The number of hydrogen-bond acceptors (Lipinski definition) is 7. The number of rotatable bonds is 6. The van der Waals surface area contributed by atoms with Gasteiger partial charge < -0.3 is 11.1 Å². The zero-order chi connectivity index (χ0) is 24.2. The molecule has 0 saturated heterocycles. The summed E-state index contributed by atoms with van der Waals surface area (Å²) in [6, 6.07) is 10.8. The molecule has 0 aliphatic heterocycles. The minimum absolute atomic E-state index is 0.0187. The quantitative estimate of drug-likeness (QED) is 0.340. The maximum atomic E-state index is 13.1. The Balaban J connectivity index is 1.83. The molecule has 10 nitrogen and oxygen atoms in total. The van der Waals surface area contributed by atoms with E-state index in [2.05, 4.69) is 48.6 Å². The van der Waals surface area contributed by atoms with Crippen molar-refractivity contribution in [3.63, 3.8) is 0 Å². The Morgan fingerprint density at radius 2 is 2.06 bits per heavy atom. The smallest absolute Gasteiger partial charge is 0.274 e. The van der Waals surface area contributed by atoms with Gasteiger partial charge in [0, 0.05) is 36.6 Å². The summed E-state index contributed by atoms with van der Waals surface area (Å²) in [6.45, 7) is 8.74. The Bertz CT molecular complexity index is 1440. The maximum absolute atomic E-state index is 13.1. The molecule has 0 saturated carbocycles. The van der Waals surface area contributed by atoms with Crippen LogP contribution in [0.5, 0.6) is 0 Å². The lowest BCUT2D eigenvalue weighted by molar-refractivity contribution is 0.0945. The maximum Gasteiger partial charge on any atom is 0.274 e. The van der Waals surface area contributed by atoms with Crippen molar-refractivity contribution in [1.29, 1.82) is 0 Å². The molecule has 3 heterocycles. The highest BCUT2D eigenvalue weighted by Crippen LogP contribution is 2.31. The van der Waals surface area contributed by atoms with Gasteiger partial charge in [0.05, 0.1) is 17.3 Å². The van der Waals surface area contributed by atoms with E-state index in [1.807, 2.05) is 36.4 Å². The van der Waals surface area contributed by atoms with Crippen molar-refractivity contribution in [2.24, 2.45) is 17.0 Å². The van der Waals surface area contributed by atoms with Crippen LogP contribution in [-0.2, 0) is 7.05 Å². The minimum Gasteiger partial charge on any atom is -0.382 e. The molecule has 1 atom stereocenters. The van der Waals surface area contributed by atoms with Crippen molar-refractivity contribution in [3.8, 4) is 22.6 Å². The summed E-state index contributed by atoms with van der Waals surface area (Å²) in [5.74, 6) is -0.234. The zero-order valence-electron chi connectivity index (χ0n) is 18.8. The first-order valence-electron chi connectivity index (χ1n) is 10.4. The first kappa shape index (κ1) is 22.5. The third kappa shape index (κ3) is 4.42. The molecule has 4 aromatic rings. The number of amides is 1. The molecule has 1 aromatic carbocycles. The fourth-order valence-electron chi connectivity index (χ4n) is 3.47. The highest BCUT2D eigenvalue weighted by atomic mass is 16.2. The number of nitrogens with zero attached hydrogens (tertiary/aromatic N) is 7. The molecular weight excluding hydrogens is 430 g/mol. The number of hydrogen-bond donors (Lipinski definition) is 2. The summed E-state index contributed by atoms with van der Waals surface area (Å²) in [5.41, 5.74) is 9.27. The number of pyridine rings is 1. The van der Waals surface area contributed by atoms with Crippen molar-refractivity contribution in [3.05, 3.63) is 67.3 Å². The largest absolute Gasteiger partial charge is 0.382 e. The van der Waals surface area contributed by atoms with Gasteiger partial charge in [0.1, 0.15) is 17.2 Å². The van der Waals surface area contributed by atoms with E-state index in [0.717, 1.165) is 16.5 Å². The number of fused-ring (bicyclic) bond motifs is 1. The van der Waals surface area contributed by atoms with Gasteiger partial charge in [0.2, 0.25) is 0 Å². The summed E-state index contributed by atoms with van der Waals surface area (Å²) >= 11 is 0. The van der Waals surface area contributed by atoms with E-state index in [0.29, 0.717) is 22.9 Å². The van der Waals surface area contributed by atoms with Crippen LogP contribution in [0.3, 0.4) is 0 Å². The van der Waals surface area contributed by atoms with Crippen LogP contribution in [-0.4, -0.2) is 49.2 Å². The van der Waals surface area contributed by atoms with Gasteiger partial charge in [-0.2, -0.15) is 5.10 Å². The molecule has 170 valence electrons. The van der Waals surface area contributed by atoms with Gasteiger partial charge in [-0.3, -0.25) is 14.5 Å². The number of nitrogens with one attached hydrogen (secondary N) is 1. The highest BCUT2D eigenvalue weighted by molar-refractivity contribution is 6.02. The summed E-state index contributed by atoms with van der Waals surface area (Å²) in [5, 5.41) is 8.15. The van der Waals surface area contributed by atoms with E-state index in [9.17, 15) is 4.79 Å². The fourth-order valence-corrected chi connectivity index (χ4v) is 3.47. The molecule has 1 unspecified atom stereocenters. The van der Waals surface area contributed by atoms with Crippen molar-refractivity contribution >= 4 is 35.2 Å². The first-order valence-corrected chi connectivity index (χ1v) is 10.4. The molecule has 10 heteroatoms. The second-order valence-electron chi connectivity index (χ2n) is 7.46. The van der Waals surface area contributed by atoms with Crippen LogP contribution in [0.15, 0.2) is 71.6 Å². The van der Waals surface area contributed by atoms with Crippen molar-refractivity contribution < 1.29 is 4.79 Å². The summed E-state index contributed by atoms with van der Waals surface area (Å²) in [4.78, 5) is 34.5. The Morgan fingerprint density at radius 3 is 2.76 bits per heavy atom. The number of benzene rings is 1. The lowest BCUT2D eigenvalue weighted by atomic mass is 10.0. The van der Waals surface area contributed by atoms with Gasteiger partial charge >= 0.3 is 0 Å². The number of aliphatic imine (C=N–C) groups is 2. The number of nitrogen functional groups attached to an aromatic ring is 1. The van der Waals surface area contributed by atoms with Crippen LogP contribution in [0.25, 0.3) is 33.5 Å². The molecule has 3 N–H and O–H groups in total. The molecule has 0 radical (unpaired) electrons. The molecule has 0 fully saturated rings. The van der Waals surface area contributed by atoms with Gasteiger partial charge in [-0.1, -0.05) is 18.7 Å². The van der Waals surface area contributed by atoms with Crippen LogP contribution < -0.4 is 11.1 Å². The minimum atomic E-state index is -0.546. The number of carbonyl (C=O) groups excluding carboxylic acids is 1. The van der Waals surface area contributed by atoms with Crippen LogP contribution >= 0.6 is 0 Å². The number of anilines is 1. The molecule has 1 amide bonds. The lowest BCUT2D eigenvalue weighted by Crippen LogP contribution is -2.38. The molecule has 3 aromatic heterocycles. The summed E-state index contributed by atoms with van der Waals surface area (Å²) in [7, 11) is 1.81. The van der Waals surface area contributed by atoms with E-state index in [-0.39, 0.29) is 11.5 Å². The van der Waals surface area contributed by atoms with E-state index >= 15 is 0 Å². The standard InChI is InChI=1S/C24H23N9O/c1-5-27-23(26-3)14(2)29-24(34)21-22(25)31-20(18-10-12-33(4)32-18)19(30-21)16-8-9-17-15(13-16)7-6-11-28-17/h5-14H,1,3H2,2,4H3,(H2,25,31)(H,29,34). The molecule has 0 aliphatic carbocycles. The molecule has 0 bridgehead atoms. The highest BCUT2D eigenvalue weighted by Gasteiger charge is 2.23. The predicted octanol–water partition coefficient (Wildman–Crippen LogP) is 3.04. The average molecular weight is 454 g/mol. The van der Waals surface area contributed by atoms with Crippen LogP contribution in [0.4, 0.5) is 5.82 Å². The SMILES string of the molecule is C=CN=C(N=C)C(C)NC(=O)c1nc(-c2ccc3ncccc3c2)c(-c2ccn(C)n2)nc1N. The topological polar surface area (TPSA) is 136 Å². The Kier molecular flexibility index (Phi) is 6.22. The van der Waals surface area contributed by atoms with Gasteiger partial charge in [-0.05, 0) is 37.9 Å². The lowest BCUT2D eigenvalue weighted by Gasteiger charge is -2.15. The van der Waals surface area contributed by atoms with Gasteiger partial charge in [0.15, 0.2) is 11.5 Å².